The van der Waals surface area contributed by atoms with E-state index in [0.29, 0.717) is 0 Å². The number of nitrogens with zero attached hydrogens (tertiary/aromatic N) is 1. The molecule has 1 N–H and O–H groups in total. The smallest absolute Gasteiger partial charge is 0.0512 e. The maximum Gasteiger partial charge on any atom is 0.0512 e. The average Bonchev–Trinajstić information content (AvgIpc) is 3.10. The van der Waals surface area contributed by atoms with Crippen LogP contribution in [0.25, 0.3) is 10.9 Å². The number of fused-ring (bicyclic) bond motifs is 1. The molecule has 3 rings (SSSR count). The maximum absolute atomic E-state index is 3.23. The first-order valence-electron chi connectivity index (χ1n) is 7.10. The molecule has 1 heterocycles. The molecular formula is C16H22N2. The molecule has 0 radical (unpaired) electrons. The van der Waals surface area contributed by atoms with Crippen LogP contribution in [0.5, 0.6) is 0 Å². The van der Waals surface area contributed by atoms with Crippen molar-refractivity contribution >= 4 is 10.9 Å². The van der Waals surface area contributed by atoms with Crippen molar-refractivity contribution in [1.82, 2.24) is 9.88 Å². The van der Waals surface area contributed by atoms with Gasteiger partial charge in [-0.2, -0.15) is 0 Å². The summed E-state index contributed by atoms with van der Waals surface area (Å²) in [6.45, 7) is 2.31. The second kappa shape index (κ2) is 5.15. The fourth-order valence-corrected chi connectivity index (χ4v) is 2.73. The Hall–Kier alpha value is -1.28. The molecule has 2 heteroatoms. The zero-order valence-electron chi connectivity index (χ0n) is 11.2. The van der Waals surface area contributed by atoms with Crippen LogP contribution in [0.2, 0.25) is 0 Å². The summed E-state index contributed by atoms with van der Waals surface area (Å²) in [7, 11) is 2.02. The number of nitrogens with one attached hydrogen (secondary N) is 1. The summed E-state index contributed by atoms with van der Waals surface area (Å²) in [5.74, 6) is 0.936. The van der Waals surface area contributed by atoms with Crippen molar-refractivity contribution in [1.29, 1.82) is 0 Å². The summed E-state index contributed by atoms with van der Waals surface area (Å²) in [5.41, 5.74) is 2.98. The van der Waals surface area contributed by atoms with E-state index in [2.05, 4.69) is 40.3 Å². The summed E-state index contributed by atoms with van der Waals surface area (Å²) >= 11 is 0. The highest BCUT2D eigenvalue weighted by Crippen LogP contribution is 2.32. The Morgan fingerprint density at radius 2 is 2.17 bits per heavy atom. The molecular weight excluding hydrogens is 220 g/mol. The Kier molecular flexibility index (Phi) is 3.37. The fourth-order valence-electron chi connectivity index (χ4n) is 2.73. The van der Waals surface area contributed by atoms with Crippen LogP contribution in [-0.4, -0.2) is 18.2 Å². The summed E-state index contributed by atoms with van der Waals surface area (Å²) in [4.78, 5) is 0. The molecule has 1 aromatic heterocycles. The Labute approximate surface area is 109 Å². The minimum absolute atomic E-state index is 0.936. The van der Waals surface area contributed by atoms with Crippen LogP contribution in [0.3, 0.4) is 0 Å². The standard InChI is InChI=1S/C16H22N2/c1-17-10-3-6-14-4-2-5-15-9-11-18(16(14)15)12-13-7-8-13/h2,4-5,9,11,13,17H,3,6-8,10,12H2,1H3. The van der Waals surface area contributed by atoms with Gasteiger partial charge < -0.3 is 9.88 Å². The van der Waals surface area contributed by atoms with Crippen LogP contribution in [0.4, 0.5) is 0 Å². The van der Waals surface area contributed by atoms with Crippen LogP contribution in [-0.2, 0) is 13.0 Å². The molecule has 0 spiro atoms. The molecule has 96 valence electrons. The minimum Gasteiger partial charge on any atom is -0.347 e. The van der Waals surface area contributed by atoms with E-state index < -0.39 is 0 Å². The van der Waals surface area contributed by atoms with E-state index in [1.807, 2.05) is 7.05 Å². The summed E-state index contributed by atoms with van der Waals surface area (Å²) in [5, 5.41) is 4.63. The minimum atomic E-state index is 0.936. The van der Waals surface area contributed by atoms with E-state index in [-0.39, 0.29) is 0 Å². The topological polar surface area (TPSA) is 17.0 Å². The first-order chi connectivity index (χ1) is 8.88. The molecule has 2 nitrogen and oxygen atoms in total. The van der Waals surface area contributed by atoms with Gasteiger partial charge in [0, 0.05) is 12.7 Å². The molecule has 0 aliphatic heterocycles. The first-order valence-corrected chi connectivity index (χ1v) is 7.10. The van der Waals surface area contributed by atoms with E-state index in [1.54, 1.807) is 0 Å². The van der Waals surface area contributed by atoms with Crippen LogP contribution in [0, 0.1) is 5.92 Å². The lowest BCUT2D eigenvalue weighted by Gasteiger charge is -2.09. The Morgan fingerprint density at radius 3 is 2.94 bits per heavy atom. The van der Waals surface area contributed by atoms with Gasteiger partial charge in [0.15, 0.2) is 0 Å². The van der Waals surface area contributed by atoms with E-state index >= 15 is 0 Å². The predicted molar refractivity (Wildman–Crippen MR) is 76.9 cm³/mol. The van der Waals surface area contributed by atoms with Gasteiger partial charge in [-0.3, -0.25) is 0 Å². The molecule has 0 bridgehead atoms. The van der Waals surface area contributed by atoms with E-state index in [9.17, 15) is 0 Å². The van der Waals surface area contributed by atoms with Gasteiger partial charge in [-0.25, -0.2) is 0 Å². The zero-order valence-corrected chi connectivity index (χ0v) is 11.2. The van der Waals surface area contributed by atoms with Crippen molar-refractivity contribution in [3.63, 3.8) is 0 Å². The largest absolute Gasteiger partial charge is 0.347 e. The highest BCUT2D eigenvalue weighted by atomic mass is 15.0. The number of rotatable bonds is 6. The summed E-state index contributed by atoms with van der Waals surface area (Å²) in [6.07, 6.45) is 7.49. The van der Waals surface area contributed by atoms with Crippen molar-refractivity contribution in [2.24, 2.45) is 5.92 Å². The van der Waals surface area contributed by atoms with Gasteiger partial charge in [-0.15, -0.1) is 0 Å². The van der Waals surface area contributed by atoms with Gasteiger partial charge >= 0.3 is 0 Å². The summed E-state index contributed by atoms with van der Waals surface area (Å²) in [6, 6.07) is 8.99. The average molecular weight is 242 g/mol. The van der Waals surface area contributed by atoms with Gasteiger partial charge in [-0.1, -0.05) is 18.2 Å². The van der Waals surface area contributed by atoms with Gasteiger partial charge in [0.25, 0.3) is 0 Å². The zero-order chi connectivity index (χ0) is 12.4. The second-order valence-electron chi connectivity index (χ2n) is 5.47. The number of aromatic nitrogens is 1. The van der Waals surface area contributed by atoms with Crippen LogP contribution in [0.1, 0.15) is 24.8 Å². The third-order valence-electron chi connectivity index (χ3n) is 3.90. The Bertz CT molecular complexity index is 523. The Balaban J connectivity index is 1.88. The van der Waals surface area contributed by atoms with Gasteiger partial charge in [0.2, 0.25) is 0 Å². The van der Waals surface area contributed by atoms with Crippen LogP contribution in [0.15, 0.2) is 30.5 Å². The molecule has 1 aliphatic carbocycles. The highest BCUT2D eigenvalue weighted by Gasteiger charge is 2.22. The normalized spacial score (nSPS) is 15.4. The lowest BCUT2D eigenvalue weighted by atomic mass is 10.1. The van der Waals surface area contributed by atoms with Gasteiger partial charge in [0.05, 0.1) is 5.52 Å². The highest BCUT2D eigenvalue weighted by molar-refractivity contribution is 5.83. The van der Waals surface area contributed by atoms with Crippen molar-refractivity contribution in [3.8, 4) is 0 Å². The molecule has 0 atom stereocenters. The van der Waals surface area contributed by atoms with Gasteiger partial charge in [0.1, 0.15) is 0 Å². The van der Waals surface area contributed by atoms with Crippen molar-refractivity contribution in [3.05, 3.63) is 36.0 Å². The number of aryl methyl sites for hydroxylation is 1. The SMILES string of the molecule is CNCCCc1cccc2ccn(CC3CC3)c12. The molecule has 18 heavy (non-hydrogen) atoms. The molecule has 1 aromatic carbocycles. The molecule has 0 amide bonds. The van der Waals surface area contributed by atoms with E-state index in [1.165, 1.54) is 48.7 Å². The molecule has 2 aromatic rings. The third kappa shape index (κ3) is 2.44. The predicted octanol–water partition coefficient (Wildman–Crippen LogP) is 3.20. The monoisotopic (exact) mass is 242 g/mol. The van der Waals surface area contributed by atoms with Crippen molar-refractivity contribution < 1.29 is 0 Å². The second-order valence-corrected chi connectivity index (χ2v) is 5.47. The fraction of sp³-hybridized carbons (Fsp3) is 0.500. The maximum atomic E-state index is 3.23. The van der Waals surface area contributed by atoms with Crippen LogP contribution >= 0.6 is 0 Å². The quantitative estimate of drug-likeness (QED) is 0.770. The first kappa shape index (κ1) is 11.8. The van der Waals surface area contributed by atoms with Crippen LogP contribution < -0.4 is 5.32 Å². The molecule has 1 fully saturated rings. The molecule has 0 saturated heterocycles. The molecule has 1 saturated carbocycles. The van der Waals surface area contributed by atoms with E-state index in [4.69, 9.17) is 0 Å². The lowest BCUT2D eigenvalue weighted by molar-refractivity contribution is 0.644. The number of hydrogen-bond acceptors (Lipinski definition) is 1. The Morgan fingerprint density at radius 1 is 1.28 bits per heavy atom. The van der Waals surface area contributed by atoms with Crippen molar-refractivity contribution in [2.75, 3.05) is 13.6 Å². The van der Waals surface area contributed by atoms with Crippen molar-refractivity contribution in [2.45, 2.75) is 32.2 Å². The number of benzene rings is 1. The number of para-hydroxylation sites is 1. The number of hydrogen-bond donors (Lipinski definition) is 1. The lowest BCUT2D eigenvalue weighted by Crippen LogP contribution is -2.09. The third-order valence-corrected chi connectivity index (χ3v) is 3.90. The molecule has 0 unspecified atom stereocenters. The van der Waals surface area contributed by atoms with Gasteiger partial charge in [-0.05, 0) is 62.2 Å². The summed E-state index contributed by atoms with van der Waals surface area (Å²) < 4.78 is 2.47. The van der Waals surface area contributed by atoms with E-state index in [0.717, 1.165) is 12.5 Å². The molecule has 1 aliphatic rings.